The van der Waals surface area contributed by atoms with Crippen LogP contribution in [0.3, 0.4) is 0 Å². The number of rotatable bonds is 8. The van der Waals surface area contributed by atoms with Crippen LogP contribution in [-0.2, 0) is 20.0 Å². The molecule has 0 aliphatic heterocycles. The zero-order chi connectivity index (χ0) is 22.7. The number of imidazole rings is 1. The first-order valence-electron chi connectivity index (χ1n) is 11.3. The molecular formula is C23H31N5O4. The molecule has 9 nitrogen and oxygen atoms in total. The summed E-state index contributed by atoms with van der Waals surface area (Å²) in [5.41, 5.74) is 0.675. The van der Waals surface area contributed by atoms with Crippen molar-refractivity contribution in [2.45, 2.75) is 64.1 Å². The molecule has 0 bridgehead atoms. The number of aliphatic hydroxyl groups excluding tert-OH is 1. The molecule has 2 heterocycles. The normalized spacial score (nSPS) is 15.7. The summed E-state index contributed by atoms with van der Waals surface area (Å²) in [5.74, 6) is 1.19. The monoisotopic (exact) mass is 441 g/mol. The molecule has 3 N–H and O–H groups in total. The first kappa shape index (κ1) is 22.1. The summed E-state index contributed by atoms with van der Waals surface area (Å²) in [4.78, 5) is 31.6. The molecule has 0 radical (unpaired) electrons. The molecule has 2 aromatic heterocycles. The lowest BCUT2D eigenvalue weighted by Crippen LogP contribution is -2.31. The third-order valence-corrected chi connectivity index (χ3v) is 6.09. The van der Waals surface area contributed by atoms with E-state index in [1.165, 1.54) is 11.0 Å². The van der Waals surface area contributed by atoms with Crippen molar-refractivity contribution >= 4 is 17.1 Å². The Labute approximate surface area is 186 Å². The Kier molecular flexibility index (Phi) is 6.64. The van der Waals surface area contributed by atoms with Gasteiger partial charge in [0.2, 0.25) is 5.95 Å². The lowest BCUT2D eigenvalue weighted by atomic mass is 9.96. The van der Waals surface area contributed by atoms with Crippen LogP contribution in [0.25, 0.3) is 11.2 Å². The van der Waals surface area contributed by atoms with E-state index in [1.807, 2.05) is 24.3 Å². The molecule has 1 aliphatic carbocycles. The number of nitrogens with zero attached hydrogens (tertiary/aromatic N) is 3. The van der Waals surface area contributed by atoms with Crippen LogP contribution in [0.1, 0.15) is 44.6 Å². The molecule has 32 heavy (non-hydrogen) atoms. The third-order valence-electron chi connectivity index (χ3n) is 6.09. The minimum Gasteiger partial charge on any atom is -0.491 e. The topological polar surface area (TPSA) is 114 Å². The van der Waals surface area contributed by atoms with Crippen molar-refractivity contribution in [3.63, 3.8) is 0 Å². The van der Waals surface area contributed by atoms with Crippen molar-refractivity contribution in [1.29, 1.82) is 0 Å². The molecule has 3 aromatic rings. The molecule has 9 heteroatoms. The summed E-state index contributed by atoms with van der Waals surface area (Å²) in [6.45, 7) is 2.25. The number of benzene rings is 1. The van der Waals surface area contributed by atoms with Crippen LogP contribution in [0.5, 0.6) is 5.75 Å². The van der Waals surface area contributed by atoms with Crippen LogP contribution < -0.4 is 21.3 Å². The number of nitrogens with one attached hydrogen (secondary N) is 2. The lowest BCUT2D eigenvalue weighted by molar-refractivity contribution is 0.0937. The maximum absolute atomic E-state index is 12.6. The smallest absolute Gasteiger partial charge is 0.329 e. The van der Waals surface area contributed by atoms with E-state index in [4.69, 9.17) is 4.74 Å². The van der Waals surface area contributed by atoms with Gasteiger partial charge in [-0.15, -0.1) is 0 Å². The predicted octanol–water partition coefficient (Wildman–Crippen LogP) is 2.17. The van der Waals surface area contributed by atoms with E-state index in [2.05, 4.69) is 22.2 Å². The van der Waals surface area contributed by atoms with Crippen molar-refractivity contribution in [3.05, 3.63) is 50.7 Å². The molecule has 1 aliphatic rings. The summed E-state index contributed by atoms with van der Waals surface area (Å²) in [7, 11) is 1.57. The lowest BCUT2D eigenvalue weighted by Gasteiger charge is -2.24. The SMILES string of the molecule is CCc1cccc(OC[C@H](O)Cn2c(NC3CCCCC3)nc3c2c(=O)[nH]c(=O)n3C)c1. The fourth-order valence-corrected chi connectivity index (χ4v) is 4.26. The van der Waals surface area contributed by atoms with Gasteiger partial charge in [0, 0.05) is 13.1 Å². The van der Waals surface area contributed by atoms with Gasteiger partial charge in [-0.1, -0.05) is 38.3 Å². The van der Waals surface area contributed by atoms with Gasteiger partial charge in [0.15, 0.2) is 11.2 Å². The molecule has 0 saturated heterocycles. The molecule has 1 aromatic carbocycles. The molecule has 0 unspecified atom stereocenters. The second-order valence-corrected chi connectivity index (χ2v) is 8.48. The first-order chi connectivity index (χ1) is 15.5. The van der Waals surface area contributed by atoms with Gasteiger partial charge in [0.05, 0.1) is 6.54 Å². The van der Waals surface area contributed by atoms with E-state index in [1.54, 1.807) is 11.6 Å². The summed E-state index contributed by atoms with van der Waals surface area (Å²) in [6.07, 6.45) is 5.59. The van der Waals surface area contributed by atoms with Gasteiger partial charge in [-0.05, 0) is 37.0 Å². The van der Waals surface area contributed by atoms with Crippen molar-refractivity contribution in [2.24, 2.45) is 7.05 Å². The Morgan fingerprint density at radius 2 is 2.06 bits per heavy atom. The van der Waals surface area contributed by atoms with E-state index >= 15 is 0 Å². The van der Waals surface area contributed by atoms with E-state index in [0.29, 0.717) is 17.3 Å². The highest BCUT2D eigenvalue weighted by atomic mass is 16.5. The molecular weight excluding hydrogens is 410 g/mol. The van der Waals surface area contributed by atoms with Crippen LogP contribution >= 0.6 is 0 Å². The third kappa shape index (κ3) is 4.72. The number of aromatic amines is 1. The highest BCUT2D eigenvalue weighted by molar-refractivity contribution is 5.74. The summed E-state index contributed by atoms with van der Waals surface area (Å²) in [5, 5.41) is 14.2. The number of hydrogen-bond donors (Lipinski definition) is 3. The predicted molar refractivity (Wildman–Crippen MR) is 123 cm³/mol. The number of aliphatic hydroxyl groups is 1. The van der Waals surface area contributed by atoms with Crippen molar-refractivity contribution in [1.82, 2.24) is 19.1 Å². The van der Waals surface area contributed by atoms with Crippen molar-refractivity contribution in [2.75, 3.05) is 11.9 Å². The van der Waals surface area contributed by atoms with Gasteiger partial charge >= 0.3 is 5.69 Å². The van der Waals surface area contributed by atoms with Crippen LogP contribution in [0, 0.1) is 0 Å². The first-order valence-corrected chi connectivity index (χ1v) is 11.3. The minimum atomic E-state index is -0.874. The Hall–Kier alpha value is -3.07. The fraction of sp³-hybridized carbons (Fsp3) is 0.522. The van der Waals surface area contributed by atoms with Crippen molar-refractivity contribution in [3.8, 4) is 5.75 Å². The number of anilines is 1. The van der Waals surface area contributed by atoms with E-state index in [-0.39, 0.29) is 24.7 Å². The van der Waals surface area contributed by atoms with Gasteiger partial charge < -0.3 is 19.7 Å². The van der Waals surface area contributed by atoms with Gasteiger partial charge in [-0.3, -0.25) is 14.3 Å². The summed E-state index contributed by atoms with van der Waals surface area (Å²) in [6, 6.07) is 8.02. The molecule has 1 saturated carbocycles. The average Bonchev–Trinajstić information content (AvgIpc) is 3.15. The van der Waals surface area contributed by atoms with Gasteiger partial charge in [-0.25, -0.2) is 4.79 Å². The quantitative estimate of drug-likeness (QED) is 0.494. The molecule has 0 spiro atoms. The average molecular weight is 442 g/mol. The van der Waals surface area contributed by atoms with Crippen LogP contribution in [-0.4, -0.2) is 43.0 Å². The van der Waals surface area contributed by atoms with Gasteiger partial charge in [-0.2, -0.15) is 4.98 Å². The highest BCUT2D eigenvalue weighted by Gasteiger charge is 2.22. The second kappa shape index (κ2) is 9.60. The van der Waals surface area contributed by atoms with Gasteiger partial charge in [0.25, 0.3) is 5.56 Å². The molecule has 172 valence electrons. The Bertz CT molecular complexity index is 1190. The maximum Gasteiger partial charge on any atom is 0.329 e. The molecule has 0 amide bonds. The van der Waals surface area contributed by atoms with E-state index < -0.39 is 17.4 Å². The summed E-state index contributed by atoms with van der Waals surface area (Å²) >= 11 is 0. The maximum atomic E-state index is 12.6. The number of H-pyrrole nitrogens is 1. The number of aromatic nitrogens is 4. The van der Waals surface area contributed by atoms with Crippen LogP contribution in [0.2, 0.25) is 0 Å². The largest absolute Gasteiger partial charge is 0.491 e. The Balaban J connectivity index is 1.60. The number of hydrogen-bond acceptors (Lipinski definition) is 6. The highest BCUT2D eigenvalue weighted by Crippen LogP contribution is 2.23. The molecule has 4 rings (SSSR count). The standard InChI is InChI=1S/C23H31N5O4/c1-3-15-8-7-11-18(12-15)32-14-17(29)13-28-19-20(27(2)23(31)26-21(19)30)25-22(28)24-16-9-5-4-6-10-16/h7-8,11-12,16-17,29H,3-6,9-10,13-14H2,1-2H3,(H,24,25)(H,26,30,31)/t17-/m1/s1. The van der Waals surface area contributed by atoms with E-state index in [0.717, 1.165) is 37.7 Å². The van der Waals surface area contributed by atoms with Crippen molar-refractivity contribution < 1.29 is 9.84 Å². The second-order valence-electron chi connectivity index (χ2n) is 8.48. The van der Waals surface area contributed by atoms with Gasteiger partial charge in [0.1, 0.15) is 18.5 Å². The number of fused-ring (bicyclic) bond motifs is 1. The fourth-order valence-electron chi connectivity index (χ4n) is 4.26. The molecule has 1 atom stereocenters. The van der Waals surface area contributed by atoms with E-state index in [9.17, 15) is 14.7 Å². The number of ether oxygens (including phenoxy) is 1. The van der Waals surface area contributed by atoms with Crippen LogP contribution in [0.15, 0.2) is 33.9 Å². The molecule has 1 fully saturated rings. The minimum absolute atomic E-state index is 0.0688. The van der Waals surface area contributed by atoms with Crippen LogP contribution in [0.4, 0.5) is 5.95 Å². The summed E-state index contributed by atoms with van der Waals surface area (Å²) < 4.78 is 8.77. The Morgan fingerprint density at radius 1 is 1.28 bits per heavy atom. The number of aryl methyl sites for hydroxylation is 2. The Morgan fingerprint density at radius 3 is 2.81 bits per heavy atom. The zero-order valence-electron chi connectivity index (χ0n) is 18.6. The zero-order valence-corrected chi connectivity index (χ0v) is 18.6.